The Kier molecular flexibility index (Phi) is 2.94. The van der Waals surface area contributed by atoms with Crippen molar-refractivity contribution in [2.75, 3.05) is 5.73 Å². The summed E-state index contributed by atoms with van der Waals surface area (Å²) in [5.74, 6) is 0. The minimum atomic E-state index is 0.452. The van der Waals surface area contributed by atoms with E-state index in [-0.39, 0.29) is 0 Å². The van der Waals surface area contributed by atoms with Crippen molar-refractivity contribution in [2.45, 2.75) is 13.3 Å². The first-order valence-corrected chi connectivity index (χ1v) is 6.56. The lowest BCUT2D eigenvalue weighted by Crippen LogP contribution is -2.02. The molecule has 3 rings (SSSR count). The van der Waals surface area contributed by atoms with Crippen LogP contribution in [-0.4, -0.2) is 15.3 Å². The van der Waals surface area contributed by atoms with Gasteiger partial charge in [-0.05, 0) is 34.9 Å². The van der Waals surface area contributed by atoms with Crippen molar-refractivity contribution in [3.8, 4) is 0 Å². The fourth-order valence-electron chi connectivity index (χ4n) is 2.07. The molecule has 0 atom stereocenters. The topological polar surface area (TPSA) is 77.8 Å². The van der Waals surface area contributed by atoms with Gasteiger partial charge in [-0.1, -0.05) is 28.1 Å². The lowest BCUT2D eigenvalue weighted by atomic mass is 10.0. The maximum atomic E-state index is 6.14. The first-order valence-electron chi connectivity index (χ1n) is 5.77. The van der Waals surface area contributed by atoms with Crippen molar-refractivity contribution in [3.63, 3.8) is 0 Å². The Balaban J connectivity index is 2.09. The van der Waals surface area contributed by atoms with Crippen LogP contribution in [0.15, 0.2) is 33.4 Å². The number of benzene rings is 1. The van der Waals surface area contributed by atoms with E-state index in [1.165, 1.54) is 0 Å². The van der Waals surface area contributed by atoms with Gasteiger partial charge in [0.2, 0.25) is 5.65 Å². The molecule has 0 amide bonds. The zero-order valence-electron chi connectivity index (χ0n) is 10.2. The Morgan fingerprint density at radius 3 is 2.95 bits per heavy atom. The second-order valence-corrected chi connectivity index (χ2v) is 5.25. The van der Waals surface area contributed by atoms with Gasteiger partial charge in [0.1, 0.15) is 0 Å². The van der Waals surface area contributed by atoms with E-state index in [1.807, 2.05) is 19.1 Å². The number of nitrogens with two attached hydrogens (primary N) is 1. The van der Waals surface area contributed by atoms with Gasteiger partial charge in [-0.25, -0.2) is 9.61 Å². The van der Waals surface area contributed by atoms with Crippen molar-refractivity contribution in [1.29, 1.82) is 0 Å². The Labute approximate surface area is 117 Å². The monoisotopic (exact) mass is 318 g/mol. The first-order chi connectivity index (χ1) is 9.15. The van der Waals surface area contributed by atoms with E-state index >= 15 is 0 Å². The lowest BCUT2D eigenvalue weighted by Gasteiger charge is -2.09. The second kappa shape index (κ2) is 4.62. The van der Waals surface area contributed by atoms with E-state index in [0.717, 1.165) is 21.3 Å². The summed E-state index contributed by atoms with van der Waals surface area (Å²) in [6.07, 6.45) is 0.701. The third kappa shape index (κ3) is 2.19. The molecule has 0 unspecified atom stereocenters. The SMILES string of the molecule is Cc1nc2nonc2c(N)c1Cc1cccc(Br)c1. The van der Waals surface area contributed by atoms with E-state index in [1.54, 1.807) is 0 Å². The Bertz CT molecular complexity index is 753. The molecular formula is C13H11BrN4O. The largest absolute Gasteiger partial charge is 0.396 e. The smallest absolute Gasteiger partial charge is 0.226 e. The number of hydrogen-bond donors (Lipinski definition) is 1. The number of fused-ring (bicyclic) bond motifs is 1. The zero-order valence-corrected chi connectivity index (χ0v) is 11.8. The van der Waals surface area contributed by atoms with Gasteiger partial charge in [0, 0.05) is 22.2 Å². The quantitative estimate of drug-likeness (QED) is 0.786. The number of anilines is 1. The third-order valence-corrected chi connectivity index (χ3v) is 3.52. The Morgan fingerprint density at radius 2 is 2.16 bits per heavy atom. The minimum absolute atomic E-state index is 0.452. The van der Waals surface area contributed by atoms with Crippen LogP contribution in [0, 0.1) is 6.92 Å². The maximum absolute atomic E-state index is 6.14. The summed E-state index contributed by atoms with van der Waals surface area (Å²) in [4.78, 5) is 4.36. The summed E-state index contributed by atoms with van der Waals surface area (Å²) in [5, 5.41) is 7.51. The normalized spacial score (nSPS) is 11.1. The molecule has 6 heteroatoms. The van der Waals surface area contributed by atoms with Gasteiger partial charge in [0.15, 0.2) is 5.52 Å². The summed E-state index contributed by atoms with van der Waals surface area (Å²) in [7, 11) is 0. The number of halogens is 1. The second-order valence-electron chi connectivity index (χ2n) is 4.33. The van der Waals surface area contributed by atoms with Gasteiger partial charge >= 0.3 is 0 Å². The molecular weight excluding hydrogens is 308 g/mol. The summed E-state index contributed by atoms with van der Waals surface area (Å²) in [5.41, 5.74) is 10.7. The molecule has 0 saturated carbocycles. The zero-order chi connectivity index (χ0) is 13.4. The number of pyridine rings is 1. The summed E-state index contributed by atoms with van der Waals surface area (Å²) >= 11 is 3.46. The van der Waals surface area contributed by atoms with Crippen molar-refractivity contribution in [3.05, 3.63) is 45.6 Å². The van der Waals surface area contributed by atoms with Crippen LogP contribution in [0.2, 0.25) is 0 Å². The van der Waals surface area contributed by atoms with Gasteiger partial charge < -0.3 is 5.73 Å². The molecule has 0 bridgehead atoms. The van der Waals surface area contributed by atoms with Crippen LogP contribution in [0.1, 0.15) is 16.8 Å². The highest BCUT2D eigenvalue weighted by Crippen LogP contribution is 2.26. The molecule has 0 aliphatic carbocycles. The lowest BCUT2D eigenvalue weighted by molar-refractivity contribution is 0.315. The van der Waals surface area contributed by atoms with Crippen molar-refractivity contribution in [1.82, 2.24) is 15.3 Å². The van der Waals surface area contributed by atoms with E-state index in [9.17, 15) is 0 Å². The average molecular weight is 319 g/mol. The van der Waals surface area contributed by atoms with Gasteiger partial charge in [0.25, 0.3) is 0 Å². The fourth-order valence-corrected chi connectivity index (χ4v) is 2.51. The Morgan fingerprint density at radius 1 is 1.32 bits per heavy atom. The van der Waals surface area contributed by atoms with Gasteiger partial charge in [0.05, 0.1) is 5.69 Å². The molecule has 96 valence electrons. The van der Waals surface area contributed by atoms with Crippen molar-refractivity contribution >= 4 is 32.8 Å². The van der Waals surface area contributed by atoms with Crippen LogP contribution in [0.25, 0.3) is 11.2 Å². The molecule has 19 heavy (non-hydrogen) atoms. The first kappa shape index (κ1) is 12.1. The van der Waals surface area contributed by atoms with Crippen LogP contribution in [-0.2, 0) is 6.42 Å². The van der Waals surface area contributed by atoms with Gasteiger partial charge in [-0.2, -0.15) is 0 Å². The van der Waals surface area contributed by atoms with Crippen LogP contribution >= 0.6 is 15.9 Å². The molecule has 1 aromatic carbocycles. The van der Waals surface area contributed by atoms with Crippen molar-refractivity contribution in [2.24, 2.45) is 0 Å². The molecule has 3 aromatic rings. The van der Waals surface area contributed by atoms with Gasteiger partial charge in [-0.15, -0.1) is 0 Å². The van der Waals surface area contributed by atoms with Crippen LogP contribution in [0.3, 0.4) is 0 Å². The highest BCUT2D eigenvalue weighted by Gasteiger charge is 2.14. The van der Waals surface area contributed by atoms with E-state index in [0.29, 0.717) is 23.3 Å². The molecule has 0 fully saturated rings. The molecule has 2 N–H and O–H groups in total. The number of hydrogen-bond acceptors (Lipinski definition) is 5. The minimum Gasteiger partial charge on any atom is -0.396 e. The molecule has 0 radical (unpaired) electrons. The third-order valence-electron chi connectivity index (χ3n) is 3.03. The fraction of sp³-hybridized carbons (Fsp3) is 0.154. The molecule has 0 aliphatic rings. The standard InChI is InChI=1S/C13H11BrN4O/c1-7-10(6-8-3-2-4-9(14)5-8)11(15)12-13(16-7)18-19-17-12/h2-5H,6,15H2,1H3. The molecule has 5 nitrogen and oxygen atoms in total. The summed E-state index contributed by atoms with van der Waals surface area (Å²) < 4.78 is 5.72. The molecule has 2 aromatic heterocycles. The maximum Gasteiger partial charge on any atom is 0.226 e. The summed E-state index contributed by atoms with van der Waals surface area (Å²) in [6, 6.07) is 8.09. The molecule has 0 aliphatic heterocycles. The van der Waals surface area contributed by atoms with E-state index < -0.39 is 0 Å². The number of rotatable bonds is 2. The average Bonchev–Trinajstić information content (AvgIpc) is 2.83. The molecule has 2 heterocycles. The van der Waals surface area contributed by atoms with E-state index in [2.05, 4.69) is 48.0 Å². The Hall–Kier alpha value is -1.95. The van der Waals surface area contributed by atoms with Crippen LogP contribution in [0.5, 0.6) is 0 Å². The van der Waals surface area contributed by atoms with Gasteiger partial charge in [-0.3, -0.25) is 0 Å². The van der Waals surface area contributed by atoms with Crippen LogP contribution in [0.4, 0.5) is 5.69 Å². The predicted octanol–water partition coefficient (Wildman–Crippen LogP) is 2.86. The number of nitrogens with zero attached hydrogens (tertiary/aromatic N) is 3. The number of aromatic nitrogens is 3. The highest BCUT2D eigenvalue weighted by molar-refractivity contribution is 9.10. The molecule has 0 saturated heterocycles. The van der Waals surface area contributed by atoms with Crippen molar-refractivity contribution < 1.29 is 4.63 Å². The highest BCUT2D eigenvalue weighted by atomic mass is 79.9. The van der Waals surface area contributed by atoms with E-state index in [4.69, 9.17) is 5.73 Å². The summed E-state index contributed by atoms with van der Waals surface area (Å²) in [6.45, 7) is 1.91. The molecule has 0 spiro atoms. The van der Waals surface area contributed by atoms with Crippen LogP contribution < -0.4 is 5.73 Å². The number of aryl methyl sites for hydroxylation is 1. The predicted molar refractivity (Wildman–Crippen MR) is 75.7 cm³/mol. The number of nitrogen functional groups attached to an aromatic ring is 1.